The number of amides is 2. The van der Waals surface area contributed by atoms with Crippen molar-refractivity contribution in [1.29, 1.82) is 0 Å². The fourth-order valence-corrected chi connectivity index (χ4v) is 4.30. The predicted octanol–water partition coefficient (Wildman–Crippen LogP) is 1.30. The number of rotatable bonds is 3. The van der Waals surface area contributed by atoms with E-state index in [1.165, 1.54) is 0 Å². The van der Waals surface area contributed by atoms with Crippen molar-refractivity contribution in [2.45, 2.75) is 45.2 Å². The summed E-state index contributed by atoms with van der Waals surface area (Å²) in [4.78, 5) is 28.1. The Morgan fingerprint density at radius 3 is 2.89 bits per heavy atom. The van der Waals surface area contributed by atoms with Gasteiger partial charge in [-0.25, -0.2) is 4.68 Å². The van der Waals surface area contributed by atoms with Gasteiger partial charge in [-0.1, -0.05) is 5.21 Å². The topological polar surface area (TPSA) is 126 Å². The van der Waals surface area contributed by atoms with Crippen LogP contribution in [-0.4, -0.2) is 80.4 Å². The number of fused-ring (bicyclic) bond motifs is 5. The standard InChI is InChI=1S/C24H29N7O5/c1-15(2)31-10-17(9-25-31)24(33)29-12-19-22(13-29)36-14-18-11-30(28-27-18)6-7-35-21-8-16(23(32)26-19)4-5-20(21)34-3/h4-5,8-11,15,19,22H,6-7,12-14H2,1-3H3,(H,26,32)/t19-,22-/m0/s1. The molecule has 4 heterocycles. The largest absolute Gasteiger partial charge is 0.493 e. The highest BCUT2D eigenvalue weighted by Crippen LogP contribution is 2.28. The number of hydrogen-bond acceptors (Lipinski definition) is 8. The van der Waals surface area contributed by atoms with Crippen LogP contribution in [0.15, 0.2) is 36.8 Å². The molecule has 2 aliphatic rings. The first-order valence-electron chi connectivity index (χ1n) is 11.9. The molecule has 190 valence electrons. The Kier molecular flexibility index (Phi) is 6.59. The minimum Gasteiger partial charge on any atom is -0.493 e. The van der Waals surface area contributed by atoms with Crippen molar-refractivity contribution in [2.75, 3.05) is 26.8 Å². The molecule has 12 heteroatoms. The molecule has 0 saturated carbocycles. The van der Waals surface area contributed by atoms with Crippen molar-refractivity contribution in [2.24, 2.45) is 0 Å². The molecule has 2 aliphatic heterocycles. The number of nitrogens with zero attached hydrogens (tertiary/aromatic N) is 6. The zero-order valence-electron chi connectivity index (χ0n) is 20.5. The summed E-state index contributed by atoms with van der Waals surface area (Å²) in [5.74, 6) is 0.532. The Labute approximate surface area is 208 Å². The maximum atomic E-state index is 13.2. The van der Waals surface area contributed by atoms with Gasteiger partial charge in [0.05, 0.1) is 50.4 Å². The summed E-state index contributed by atoms with van der Waals surface area (Å²) in [6.45, 7) is 5.60. The van der Waals surface area contributed by atoms with E-state index in [-0.39, 0.29) is 24.5 Å². The van der Waals surface area contributed by atoms with E-state index in [0.717, 1.165) is 0 Å². The molecule has 0 aliphatic carbocycles. The van der Waals surface area contributed by atoms with Crippen molar-refractivity contribution in [1.82, 2.24) is 35.0 Å². The lowest BCUT2D eigenvalue weighted by atomic mass is 10.1. The predicted molar refractivity (Wildman–Crippen MR) is 127 cm³/mol. The second-order valence-corrected chi connectivity index (χ2v) is 9.13. The number of carbonyl (C=O) groups is 2. The quantitative estimate of drug-likeness (QED) is 0.576. The van der Waals surface area contributed by atoms with Crippen LogP contribution in [0.1, 0.15) is 46.3 Å². The number of benzene rings is 1. The van der Waals surface area contributed by atoms with Crippen LogP contribution in [0.3, 0.4) is 0 Å². The summed E-state index contributed by atoms with van der Waals surface area (Å²) >= 11 is 0. The van der Waals surface area contributed by atoms with Gasteiger partial charge in [-0.05, 0) is 32.0 Å². The number of likely N-dealkylation sites (tertiary alicyclic amines) is 1. The van der Waals surface area contributed by atoms with Crippen LogP contribution in [0.25, 0.3) is 0 Å². The molecule has 1 fully saturated rings. The van der Waals surface area contributed by atoms with Gasteiger partial charge in [0.15, 0.2) is 11.5 Å². The Morgan fingerprint density at radius 2 is 2.11 bits per heavy atom. The number of methoxy groups -OCH3 is 1. The summed E-state index contributed by atoms with van der Waals surface area (Å²) in [7, 11) is 1.55. The molecule has 12 nitrogen and oxygen atoms in total. The maximum Gasteiger partial charge on any atom is 0.257 e. The van der Waals surface area contributed by atoms with Crippen molar-refractivity contribution >= 4 is 11.8 Å². The van der Waals surface area contributed by atoms with E-state index in [2.05, 4.69) is 20.7 Å². The zero-order valence-corrected chi connectivity index (χ0v) is 20.5. The molecule has 36 heavy (non-hydrogen) atoms. The van der Waals surface area contributed by atoms with Gasteiger partial charge < -0.3 is 24.4 Å². The minimum absolute atomic E-state index is 0.145. The van der Waals surface area contributed by atoms with Crippen molar-refractivity contribution in [3.63, 3.8) is 0 Å². The summed E-state index contributed by atoms with van der Waals surface area (Å²) < 4.78 is 20.8. The van der Waals surface area contributed by atoms with E-state index >= 15 is 0 Å². The van der Waals surface area contributed by atoms with Crippen LogP contribution >= 0.6 is 0 Å². The average Bonchev–Trinajstić information content (AvgIpc) is 3.62. The van der Waals surface area contributed by atoms with Crippen LogP contribution in [0.4, 0.5) is 0 Å². The molecule has 0 unspecified atom stereocenters. The Morgan fingerprint density at radius 1 is 1.25 bits per heavy atom. The van der Waals surface area contributed by atoms with Gasteiger partial charge in [-0.2, -0.15) is 5.10 Å². The second kappa shape index (κ2) is 9.97. The highest BCUT2D eigenvalue weighted by atomic mass is 16.5. The van der Waals surface area contributed by atoms with Crippen molar-refractivity contribution in [3.05, 3.63) is 53.6 Å². The van der Waals surface area contributed by atoms with E-state index in [4.69, 9.17) is 14.2 Å². The Bertz CT molecular complexity index is 1250. The SMILES string of the molecule is COc1ccc2cc1OCCn1cc(nn1)CO[C@H]1CN(C(=O)c3cnn(C(C)C)c3)C[C@@H]1NC2=O. The van der Waals surface area contributed by atoms with Crippen LogP contribution < -0.4 is 14.8 Å². The monoisotopic (exact) mass is 495 g/mol. The van der Waals surface area contributed by atoms with Crippen LogP contribution in [0.2, 0.25) is 0 Å². The summed E-state index contributed by atoms with van der Waals surface area (Å²) in [5.41, 5.74) is 1.57. The highest BCUT2D eigenvalue weighted by molar-refractivity contribution is 5.96. The van der Waals surface area contributed by atoms with Crippen molar-refractivity contribution < 1.29 is 23.8 Å². The lowest BCUT2D eigenvalue weighted by molar-refractivity contribution is 0.0291. The van der Waals surface area contributed by atoms with Gasteiger partial charge in [-0.3, -0.25) is 14.3 Å². The minimum atomic E-state index is -0.428. The van der Waals surface area contributed by atoms with Gasteiger partial charge in [-0.15, -0.1) is 5.10 Å². The molecule has 2 atom stereocenters. The third-order valence-corrected chi connectivity index (χ3v) is 6.28. The molecular formula is C24H29N7O5. The summed E-state index contributed by atoms with van der Waals surface area (Å²) in [6, 6.07) is 4.74. The van der Waals surface area contributed by atoms with Gasteiger partial charge in [0.1, 0.15) is 12.3 Å². The number of aromatic nitrogens is 5. The second-order valence-electron chi connectivity index (χ2n) is 9.13. The smallest absolute Gasteiger partial charge is 0.257 e. The normalized spacial score (nSPS) is 20.2. The first kappa shape index (κ1) is 23.8. The van der Waals surface area contributed by atoms with Gasteiger partial charge >= 0.3 is 0 Å². The first-order chi connectivity index (χ1) is 17.4. The van der Waals surface area contributed by atoms with E-state index in [1.54, 1.807) is 58.2 Å². The fourth-order valence-electron chi connectivity index (χ4n) is 4.30. The molecule has 0 spiro atoms. The molecular weight excluding hydrogens is 466 g/mol. The van der Waals surface area contributed by atoms with Crippen LogP contribution in [0, 0.1) is 0 Å². The summed E-state index contributed by atoms with van der Waals surface area (Å²) in [6.07, 6.45) is 4.68. The van der Waals surface area contributed by atoms with Crippen molar-refractivity contribution in [3.8, 4) is 11.5 Å². The Hall–Kier alpha value is -3.93. The molecule has 1 N–H and O–H groups in total. The van der Waals surface area contributed by atoms with Gasteiger partial charge in [0, 0.05) is 30.9 Å². The molecule has 2 amide bonds. The molecule has 5 rings (SSSR count). The first-order valence-corrected chi connectivity index (χ1v) is 11.9. The zero-order chi connectivity index (χ0) is 25.2. The number of carbonyl (C=O) groups excluding carboxylic acids is 2. The van der Waals surface area contributed by atoms with E-state index in [0.29, 0.717) is 54.6 Å². The third kappa shape index (κ3) is 4.89. The third-order valence-electron chi connectivity index (χ3n) is 6.28. The summed E-state index contributed by atoms with van der Waals surface area (Å²) in [5, 5.41) is 15.6. The number of ether oxygens (including phenoxy) is 3. The lowest BCUT2D eigenvalue weighted by Gasteiger charge is -2.20. The fraction of sp³-hybridized carbons (Fsp3) is 0.458. The average molecular weight is 496 g/mol. The van der Waals surface area contributed by atoms with Gasteiger partial charge in [0.25, 0.3) is 11.8 Å². The molecule has 0 radical (unpaired) electrons. The lowest BCUT2D eigenvalue weighted by Crippen LogP contribution is -2.44. The molecule has 3 aromatic rings. The molecule has 1 aromatic carbocycles. The van der Waals surface area contributed by atoms with E-state index < -0.39 is 12.1 Å². The van der Waals surface area contributed by atoms with Gasteiger partial charge in [0.2, 0.25) is 0 Å². The Balaban J connectivity index is 1.40. The van der Waals surface area contributed by atoms with E-state index in [9.17, 15) is 9.59 Å². The number of hydrogen-bond donors (Lipinski definition) is 1. The number of nitrogens with one attached hydrogen (secondary N) is 1. The van der Waals surface area contributed by atoms with E-state index in [1.807, 2.05) is 13.8 Å². The molecule has 2 aromatic heterocycles. The highest BCUT2D eigenvalue weighted by Gasteiger charge is 2.38. The molecule has 1 saturated heterocycles. The van der Waals surface area contributed by atoms with Crippen LogP contribution in [0.5, 0.6) is 11.5 Å². The maximum absolute atomic E-state index is 13.2. The molecule has 4 bridgehead atoms. The van der Waals surface area contributed by atoms with Crippen LogP contribution in [-0.2, 0) is 17.9 Å².